The molecule has 3 rings (SSSR count). The van der Waals surface area contributed by atoms with Gasteiger partial charge < -0.3 is 0 Å². The molecule has 11 heteroatoms. The van der Waals surface area contributed by atoms with Gasteiger partial charge >= 0.3 is 12.4 Å². The number of fused-ring (bicyclic) bond motifs is 1. The Hall–Kier alpha value is -3.37. The van der Waals surface area contributed by atoms with E-state index < -0.39 is 46.9 Å². The predicted molar refractivity (Wildman–Crippen MR) is 90.5 cm³/mol. The van der Waals surface area contributed by atoms with Crippen molar-refractivity contribution in [3.8, 4) is 0 Å². The van der Waals surface area contributed by atoms with Gasteiger partial charge in [0.2, 0.25) is 5.91 Å². The van der Waals surface area contributed by atoms with Gasteiger partial charge in [-0.2, -0.15) is 26.3 Å². The highest BCUT2D eigenvalue weighted by Gasteiger charge is 2.36. The van der Waals surface area contributed by atoms with E-state index in [1.54, 1.807) is 0 Å². The molecule has 0 aliphatic rings. The molecular formula is C18H11F6N3O2. The van der Waals surface area contributed by atoms with Gasteiger partial charge in [0.1, 0.15) is 0 Å². The van der Waals surface area contributed by atoms with Crippen LogP contribution in [-0.4, -0.2) is 15.8 Å². The Morgan fingerprint density at radius 1 is 0.897 bits per heavy atom. The smallest absolute Gasteiger partial charge is 0.273 e. The number of halogens is 6. The number of benzene rings is 2. The lowest BCUT2D eigenvalue weighted by molar-refractivity contribution is -0.141. The number of carbonyl (C=O) groups is 1. The summed E-state index contributed by atoms with van der Waals surface area (Å²) in [7, 11) is 0. The van der Waals surface area contributed by atoms with Crippen molar-refractivity contribution in [3.63, 3.8) is 0 Å². The lowest BCUT2D eigenvalue weighted by atomic mass is 10.1. The second-order valence-corrected chi connectivity index (χ2v) is 6.02. The predicted octanol–water partition coefficient (Wildman–Crippen LogP) is 3.75. The summed E-state index contributed by atoms with van der Waals surface area (Å²) < 4.78 is 77.5. The van der Waals surface area contributed by atoms with E-state index in [0.29, 0.717) is 0 Å². The van der Waals surface area contributed by atoms with Crippen LogP contribution < -0.4 is 11.0 Å². The fourth-order valence-electron chi connectivity index (χ4n) is 2.63. The van der Waals surface area contributed by atoms with Crippen molar-refractivity contribution < 1.29 is 31.1 Å². The first-order valence-electron chi connectivity index (χ1n) is 8.02. The van der Waals surface area contributed by atoms with Crippen LogP contribution in [0.2, 0.25) is 0 Å². The molecule has 1 amide bonds. The summed E-state index contributed by atoms with van der Waals surface area (Å²) in [6, 6.07) is 8.56. The highest BCUT2D eigenvalue weighted by atomic mass is 19.4. The molecule has 1 N–H and O–H groups in total. The molecule has 2 aromatic carbocycles. The summed E-state index contributed by atoms with van der Waals surface area (Å²) in [5.74, 6) is -0.928. The van der Waals surface area contributed by atoms with Gasteiger partial charge in [0.25, 0.3) is 5.56 Å². The normalized spacial score (nSPS) is 12.2. The number of nitrogens with zero attached hydrogens (tertiary/aromatic N) is 2. The maximum Gasteiger partial charge on any atom is 0.435 e. The first kappa shape index (κ1) is 20.4. The molecule has 1 aromatic heterocycles. The number of rotatable bonds is 3. The fraction of sp³-hybridized carbons (Fsp3) is 0.167. The van der Waals surface area contributed by atoms with Gasteiger partial charge in [-0.3, -0.25) is 9.59 Å². The third-order valence-electron chi connectivity index (χ3n) is 3.95. The van der Waals surface area contributed by atoms with E-state index in [2.05, 4.69) is 5.10 Å². The molecule has 0 atom stereocenters. The van der Waals surface area contributed by atoms with E-state index in [1.165, 1.54) is 12.1 Å². The highest BCUT2D eigenvalue weighted by Crippen LogP contribution is 2.32. The van der Waals surface area contributed by atoms with Crippen LogP contribution in [0.25, 0.3) is 10.8 Å². The number of nitrogens with one attached hydrogen (secondary N) is 1. The van der Waals surface area contributed by atoms with Crippen LogP contribution in [-0.2, 0) is 23.6 Å². The van der Waals surface area contributed by atoms with Crippen molar-refractivity contribution in [1.29, 1.82) is 0 Å². The number of carbonyl (C=O) groups excluding carboxylic acids is 1. The SMILES string of the molecule is O=C(Cc1ccc(C(F)(F)F)cc1)Nn1nc(C(F)(F)F)c2ccccc2c1=O. The molecule has 0 unspecified atom stereocenters. The molecule has 0 saturated carbocycles. The number of aromatic nitrogens is 2. The maximum absolute atomic E-state index is 13.3. The van der Waals surface area contributed by atoms with E-state index >= 15 is 0 Å². The number of hydrogen-bond acceptors (Lipinski definition) is 3. The molecule has 5 nitrogen and oxygen atoms in total. The van der Waals surface area contributed by atoms with Crippen LogP contribution in [0.4, 0.5) is 26.3 Å². The van der Waals surface area contributed by atoms with Crippen molar-refractivity contribution >= 4 is 16.7 Å². The number of alkyl halides is 6. The Kier molecular flexibility index (Phi) is 5.07. The third kappa shape index (κ3) is 4.39. The summed E-state index contributed by atoms with van der Waals surface area (Å²) in [5, 5.41) is 2.48. The average molecular weight is 415 g/mol. The first-order chi connectivity index (χ1) is 13.5. The second kappa shape index (κ2) is 7.22. The second-order valence-electron chi connectivity index (χ2n) is 6.02. The molecule has 0 aliphatic carbocycles. The van der Waals surface area contributed by atoms with E-state index in [-0.39, 0.29) is 15.7 Å². The fourth-order valence-corrected chi connectivity index (χ4v) is 2.63. The highest BCUT2D eigenvalue weighted by molar-refractivity contribution is 5.87. The van der Waals surface area contributed by atoms with Crippen molar-refractivity contribution in [2.24, 2.45) is 0 Å². The van der Waals surface area contributed by atoms with Crippen LogP contribution in [0.3, 0.4) is 0 Å². The standard InChI is InChI=1S/C18H11F6N3O2/c19-17(20,21)11-7-5-10(6-8-11)9-14(28)25-27-16(29)13-4-2-1-3-12(13)15(26-27)18(22,23)24/h1-8H,9H2,(H,25,28). The van der Waals surface area contributed by atoms with Crippen molar-refractivity contribution in [2.45, 2.75) is 18.8 Å². The van der Waals surface area contributed by atoms with Gasteiger partial charge in [0, 0.05) is 5.39 Å². The molecular weight excluding hydrogens is 404 g/mol. The van der Waals surface area contributed by atoms with E-state index in [9.17, 15) is 35.9 Å². The zero-order valence-electron chi connectivity index (χ0n) is 14.3. The quantitative estimate of drug-likeness (QED) is 0.663. The topological polar surface area (TPSA) is 64.0 Å². The monoisotopic (exact) mass is 415 g/mol. The summed E-state index contributed by atoms with van der Waals surface area (Å²) >= 11 is 0. The molecule has 152 valence electrons. The molecule has 1 heterocycles. The average Bonchev–Trinajstić information content (AvgIpc) is 2.63. The van der Waals surface area contributed by atoms with Gasteiger partial charge in [-0.15, -0.1) is 9.89 Å². The van der Waals surface area contributed by atoms with Crippen LogP contribution in [0, 0.1) is 0 Å². The minimum Gasteiger partial charge on any atom is -0.273 e. The van der Waals surface area contributed by atoms with Crippen molar-refractivity contribution in [3.05, 3.63) is 75.7 Å². The minimum absolute atomic E-state index is 0.167. The molecule has 0 fully saturated rings. The molecule has 0 aliphatic heterocycles. The number of amides is 1. The summed E-state index contributed by atoms with van der Waals surface area (Å²) in [5.41, 5.74) is -1.14. The molecule has 0 spiro atoms. The van der Waals surface area contributed by atoms with Gasteiger partial charge in [0.05, 0.1) is 17.4 Å². The Morgan fingerprint density at radius 3 is 2.03 bits per heavy atom. The van der Waals surface area contributed by atoms with Crippen LogP contribution in [0.1, 0.15) is 16.8 Å². The Labute approximate surface area is 158 Å². The van der Waals surface area contributed by atoms with E-state index in [0.717, 1.165) is 36.4 Å². The molecule has 0 saturated heterocycles. The molecule has 29 heavy (non-hydrogen) atoms. The first-order valence-corrected chi connectivity index (χ1v) is 8.02. The number of hydrogen-bond donors (Lipinski definition) is 1. The Bertz CT molecular complexity index is 1120. The largest absolute Gasteiger partial charge is 0.435 e. The van der Waals surface area contributed by atoms with Crippen molar-refractivity contribution in [1.82, 2.24) is 9.89 Å². The van der Waals surface area contributed by atoms with Crippen molar-refractivity contribution in [2.75, 3.05) is 5.43 Å². The maximum atomic E-state index is 13.3. The Morgan fingerprint density at radius 2 is 1.48 bits per heavy atom. The zero-order chi connectivity index (χ0) is 21.4. The van der Waals surface area contributed by atoms with Gasteiger partial charge in [-0.1, -0.05) is 30.3 Å². The summed E-state index contributed by atoms with van der Waals surface area (Å²) in [6.45, 7) is 0. The van der Waals surface area contributed by atoms with Gasteiger partial charge in [-0.25, -0.2) is 5.43 Å². The lowest BCUT2D eigenvalue weighted by Gasteiger charge is -2.13. The zero-order valence-corrected chi connectivity index (χ0v) is 14.3. The molecule has 0 bridgehead atoms. The van der Waals surface area contributed by atoms with Gasteiger partial charge in [0.15, 0.2) is 5.69 Å². The third-order valence-corrected chi connectivity index (χ3v) is 3.95. The van der Waals surface area contributed by atoms with Crippen LogP contribution in [0.15, 0.2) is 53.3 Å². The van der Waals surface area contributed by atoms with E-state index in [1.807, 2.05) is 5.43 Å². The minimum atomic E-state index is -4.88. The van der Waals surface area contributed by atoms with Crippen LogP contribution >= 0.6 is 0 Å². The van der Waals surface area contributed by atoms with Gasteiger partial charge in [-0.05, 0) is 23.8 Å². The lowest BCUT2D eigenvalue weighted by Crippen LogP contribution is -2.37. The summed E-state index contributed by atoms with van der Waals surface area (Å²) in [4.78, 5) is 24.6. The summed E-state index contributed by atoms with van der Waals surface area (Å²) in [6.07, 6.45) is -9.90. The molecule has 0 radical (unpaired) electrons. The van der Waals surface area contributed by atoms with Crippen LogP contribution in [0.5, 0.6) is 0 Å². The van der Waals surface area contributed by atoms with E-state index in [4.69, 9.17) is 0 Å². The Balaban J connectivity index is 1.89. The molecule has 3 aromatic rings.